The summed E-state index contributed by atoms with van der Waals surface area (Å²) in [7, 11) is 1.94. The molecule has 0 radical (unpaired) electrons. The van der Waals surface area contributed by atoms with Gasteiger partial charge in [0, 0.05) is 12.6 Å². The first-order valence-corrected chi connectivity index (χ1v) is 6.01. The molecule has 2 heterocycles. The van der Waals surface area contributed by atoms with Crippen LogP contribution in [-0.2, 0) is 13.5 Å². The number of hydrogen-bond acceptors (Lipinski definition) is 3. The van der Waals surface area contributed by atoms with Gasteiger partial charge in [-0.3, -0.25) is 0 Å². The van der Waals surface area contributed by atoms with Gasteiger partial charge in [0.15, 0.2) is 11.5 Å². The fourth-order valence-corrected chi connectivity index (χ4v) is 1.94. The monoisotopic (exact) mass is 238 g/mol. The van der Waals surface area contributed by atoms with Crippen molar-refractivity contribution in [1.29, 1.82) is 0 Å². The first-order valence-electron chi connectivity index (χ1n) is 6.01. The van der Waals surface area contributed by atoms with E-state index >= 15 is 0 Å². The molecule has 0 spiro atoms. The Morgan fingerprint density at radius 2 is 1.89 bits per heavy atom. The van der Waals surface area contributed by atoms with Crippen LogP contribution in [0.2, 0.25) is 0 Å². The molecule has 0 aliphatic rings. The number of nitrogens with zero attached hydrogens (tertiary/aromatic N) is 4. The topological polar surface area (TPSA) is 43.6 Å². The van der Waals surface area contributed by atoms with Crippen molar-refractivity contribution in [2.75, 3.05) is 0 Å². The van der Waals surface area contributed by atoms with Crippen LogP contribution < -0.4 is 0 Å². The van der Waals surface area contributed by atoms with Gasteiger partial charge in [-0.25, -0.2) is 15.0 Å². The van der Waals surface area contributed by atoms with E-state index in [0.717, 1.165) is 29.0 Å². The Labute approximate surface area is 105 Å². The van der Waals surface area contributed by atoms with Crippen molar-refractivity contribution in [2.24, 2.45) is 7.05 Å². The van der Waals surface area contributed by atoms with Crippen LogP contribution in [0.5, 0.6) is 0 Å². The van der Waals surface area contributed by atoms with Crippen LogP contribution in [0.4, 0.5) is 0 Å². The van der Waals surface area contributed by atoms with Gasteiger partial charge in [-0.15, -0.1) is 0 Å². The average Bonchev–Trinajstić information content (AvgIpc) is 2.80. The first kappa shape index (κ1) is 10.9. The maximum Gasteiger partial charge on any atom is 0.181 e. The van der Waals surface area contributed by atoms with Gasteiger partial charge in [-0.2, -0.15) is 0 Å². The molecule has 3 rings (SSSR count). The Bertz CT molecular complexity index is 683. The van der Waals surface area contributed by atoms with Crippen molar-refractivity contribution in [3.63, 3.8) is 0 Å². The lowest BCUT2D eigenvalue weighted by molar-refractivity contribution is 0.944. The van der Waals surface area contributed by atoms with Crippen LogP contribution in [-0.4, -0.2) is 19.5 Å². The van der Waals surface area contributed by atoms with Crippen molar-refractivity contribution in [3.05, 3.63) is 42.4 Å². The summed E-state index contributed by atoms with van der Waals surface area (Å²) in [4.78, 5) is 13.1. The molecule has 0 aliphatic heterocycles. The molecule has 3 aromatic rings. The largest absolute Gasteiger partial charge is 0.331 e. The van der Waals surface area contributed by atoms with Gasteiger partial charge in [0.1, 0.15) is 5.52 Å². The molecule has 0 bridgehead atoms. The summed E-state index contributed by atoms with van der Waals surface area (Å²) in [5, 5.41) is 0. The minimum Gasteiger partial charge on any atom is -0.331 e. The molecule has 90 valence electrons. The molecule has 0 amide bonds. The number of rotatable bonds is 2. The van der Waals surface area contributed by atoms with Crippen molar-refractivity contribution in [3.8, 4) is 11.4 Å². The highest BCUT2D eigenvalue weighted by Gasteiger charge is 2.06. The fourth-order valence-electron chi connectivity index (χ4n) is 1.94. The molecule has 0 atom stereocenters. The van der Waals surface area contributed by atoms with Gasteiger partial charge in [-0.1, -0.05) is 31.2 Å². The van der Waals surface area contributed by atoms with Crippen molar-refractivity contribution < 1.29 is 0 Å². The van der Waals surface area contributed by atoms with Crippen LogP contribution in [0, 0.1) is 0 Å². The second-order valence-electron chi connectivity index (χ2n) is 4.31. The Morgan fingerprint density at radius 1 is 1.11 bits per heavy atom. The summed E-state index contributed by atoms with van der Waals surface area (Å²) < 4.78 is 1.92. The zero-order valence-electron chi connectivity index (χ0n) is 10.5. The van der Waals surface area contributed by atoms with Crippen molar-refractivity contribution >= 4 is 11.2 Å². The predicted molar refractivity (Wildman–Crippen MR) is 71.1 cm³/mol. The molecule has 0 saturated heterocycles. The lowest BCUT2D eigenvalue weighted by atomic mass is 10.1. The van der Waals surface area contributed by atoms with Crippen LogP contribution in [0.25, 0.3) is 22.6 Å². The van der Waals surface area contributed by atoms with Gasteiger partial charge in [0.05, 0.1) is 12.5 Å². The maximum absolute atomic E-state index is 4.48. The van der Waals surface area contributed by atoms with Crippen LogP contribution in [0.1, 0.15) is 12.5 Å². The molecular weight excluding hydrogens is 224 g/mol. The molecule has 18 heavy (non-hydrogen) atoms. The zero-order valence-corrected chi connectivity index (χ0v) is 10.5. The zero-order chi connectivity index (χ0) is 12.5. The van der Waals surface area contributed by atoms with Gasteiger partial charge in [0.25, 0.3) is 0 Å². The third-order valence-electron chi connectivity index (χ3n) is 3.10. The van der Waals surface area contributed by atoms with E-state index in [2.05, 4.69) is 46.1 Å². The molecule has 0 saturated carbocycles. The first-order chi connectivity index (χ1) is 8.78. The van der Waals surface area contributed by atoms with Gasteiger partial charge in [0.2, 0.25) is 0 Å². The molecule has 0 aliphatic carbocycles. The molecule has 4 heteroatoms. The summed E-state index contributed by atoms with van der Waals surface area (Å²) in [6.45, 7) is 2.14. The van der Waals surface area contributed by atoms with Crippen molar-refractivity contribution in [2.45, 2.75) is 13.3 Å². The Balaban J connectivity index is 2.07. The molecule has 1 aromatic carbocycles. The van der Waals surface area contributed by atoms with E-state index in [1.54, 1.807) is 6.33 Å². The Morgan fingerprint density at radius 3 is 2.61 bits per heavy atom. The summed E-state index contributed by atoms with van der Waals surface area (Å²) in [5.74, 6) is 0.726. The predicted octanol–water partition coefficient (Wildman–Crippen LogP) is 2.59. The lowest BCUT2D eigenvalue weighted by Crippen LogP contribution is -1.92. The van der Waals surface area contributed by atoms with Gasteiger partial charge in [-0.05, 0) is 12.0 Å². The van der Waals surface area contributed by atoms with E-state index in [1.165, 1.54) is 5.56 Å². The van der Waals surface area contributed by atoms with Crippen LogP contribution >= 0.6 is 0 Å². The fraction of sp³-hybridized carbons (Fsp3) is 0.214. The van der Waals surface area contributed by atoms with Crippen molar-refractivity contribution in [1.82, 2.24) is 19.5 Å². The highest BCUT2D eigenvalue weighted by atomic mass is 15.1. The van der Waals surface area contributed by atoms with Gasteiger partial charge < -0.3 is 4.57 Å². The molecule has 0 fully saturated rings. The average molecular weight is 238 g/mol. The summed E-state index contributed by atoms with van der Waals surface area (Å²) in [6.07, 6.45) is 4.61. The molecule has 0 unspecified atom stereocenters. The SMILES string of the molecule is CCc1ccc(-c2ncc3c(ncn3C)n2)cc1. The van der Waals surface area contributed by atoms with E-state index < -0.39 is 0 Å². The minimum absolute atomic E-state index is 0.726. The number of aromatic nitrogens is 4. The molecule has 2 aromatic heterocycles. The third kappa shape index (κ3) is 1.76. The third-order valence-corrected chi connectivity index (χ3v) is 3.10. The Kier molecular flexibility index (Phi) is 2.55. The Hall–Kier alpha value is -2.23. The highest BCUT2D eigenvalue weighted by molar-refractivity contribution is 5.72. The lowest BCUT2D eigenvalue weighted by Gasteiger charge is -2.01. The second kappa shape index (κ2) is 4.22. The van der Waals surface area contributed by atoms with Gasteiger partial charge >= 0.3 is 0 Å². The summed E-state index contributed by atoms with van der Waals surface area (Å²) in [5.41, 5.74) is 4.03. The number of aryl methyl sites for hydroxylation is 2. The van der Waals surface area contributed by atoms with E-state index in [9.17, 15) is 0 Å². The maximum atomic E-state index is 4.48. The molecular formula is C14H14N4. The number of imidazole rings is 1. The minimum atomic E-state index is 0.726. The number of fused-ring (bicyclic) bond motifs is 1. The standard InChI is InChI=1S/C14H14N4/c1-3-10-4-6-11(7-5-10)13-15-8-12-14(17-13)16-9-18(12)2/h4-9H,3H2,1-2H3. The van der Waals surface area contributed by atoms with E-state index in [1.807, 2.05) is 17.8 Å². The quantitative estimate of drug-likeness (QED) is 0.689. The van der Waals surface area contributed by atoms with E-state index in [0.29, 0.717) is 0 Å². The number of hydrogen-bond donors (Lipinski definition) is 0. The summed E-state index contributed by atoms with van der Waals surface area (Å²) in [6, 6.07) is 8.34. The second-order valence-corrected chi connectivity index (χ2v) is 4.31. The van der Waals surface area contributed by atoms with Crippen LogP contribution in [0.3, 0.4) is 0 Å². The van der Waals surface area contributed by atoms with E-state index in [4.69, 9.17) is 0 Å². The van der Waals surface area contributed by atoms with Crippen LogP contribution in [0.15, 0.2) is 36.8 Å². The number of benzene rings is 1. The molecule has 4 nitrogen and oxygen atoms in total. The van der Waals surface area contributed by atoms with E-state index in [-0.39, 0.29) is 0 Å². The molecule has 0 N–H and O–H groups in total. The highest BCUT2D eigenvalue weighted by Crippen LogP contribution is 2.18. The summed E-state index contributed by atoms with van der Waals surface area (Å²) >= 11 is 0. The smallest absolute Gasteiger partial charge is 0.181 e. The normalized spacial score (nSPS) is 11.0.